The molecule has 2 aromatic carbocycles. The van der Waals surface area contributed by atoms with Crippen LogP contribution in [0.5, 0.6) is 5.75 Å². The Labute approximate surface area is 138 Å². The average molecular weight is 371 g/mol. The summed E-state index contributed by atoms with van der Waals surface area (Å²) in [5.41, 5.74) is 1.25. The summed E-state index contributed by atoms with van der Waals surface area (Å²) in [5.74, 6) is 0.785. The van der Waals surface area contributed by atoms with Crippen molar-refractivity contribution in [3.63, 3.8) is 0 Å². The summed E-state index contributed by atoms with van der Waals surface area (Å²) < 4.78 is 5.97. The average Bonchev–Trinajstić information content (AvgIpc) is 2.51. The van der Waals surface area contributed by atoms with Gasteiger partial charge in [-0.05, 0) is 58.7 Å². The highest BCUT2D eigenvalue weighted by Crippen LogP contribution is 2.31. The van der Waals surface area contributed by atoms with E-state index in [-0.39, 0.29) is 6.61 Å². The third kappa shape index (κ3) is 3.70. The van der Waals surface area contributed by atoms with Crippen LogP contribution in [0.2, 0.25) is 5.02 Å². The fourth-order valence-electron chi connectivity index (χ4n) is 2.05. The van der Waals surface area contributed by atoms with Crippen molar-refractivity contribution in [2.75, 3.05) is 19.0 Å². The van der Waals surface area contributed by atoms with Crippen molar-refractivity contribution < 1.29 is 9.84 Å². The molecule has 2 aromatic rings. The number of rotatable bonds is 5. The Morgan fingerprint density at radius 2 is 1.90 bits per heavy atom. The van der Waals surface area contributed by atoms with Crippen LogP contribution < -0.4 is 10.1 Å². The highest BCUT2D eigenvalue weighted by Gasteiger charge is 2.25. The molecule has 2 N–H and O–H groups in total. The van der Waals surface area contributed by atoms with Crippen LogP contribution in [0.15, 0.2) is 46.9 Å². The molecule has 3 nitrogen and oxygen atoms in total. The van der Waals surface area contributed by atoms with Crippen molar-refractivity contribution in [1.82, 2.24) is 0 Å². The molecule has 1 atom stereocenters. The van der Waals surface area contributed by atoms with E-state index in [4.69, 9.17) is 16.3 Å². The molecule has 0 fully saturated rings. The van der Waals surface area contributed by atoms with Gasteiger partial charge in [0.05, 0.1) is 24.3 Å². The number of aliphatic hydroxyl groups is 1. The van der Waals surface area contributed by atoms with Crippen molar-refractivity contribution in [2.45, 2.75) is 12.5 Å². The minimum Gasteiger partial charge on any atom is -0.497 e. The lowest BCUT2D eigenvalue weighted by Gasteiger charge is -2.31. The first kappa shape index (κ1) is 16.1. The Morgan fingerprint density at radius 1 is 1.24 bits per heavy atom. The van der Waals surface area contributed by atoms with Gasteiger partial charge in [-0.3, -0.25) is 0 Å². The van der Waals surface area contributed by atoms with Crippen LogP contribution in [0.25, 0.3) is 0 Å². The first-order valence-electron chi connectivity index (χ1n) is 6.47. The maximum absolute atomic E-state index is 9.82. The zero-order valence-corrected chi connectivity index (χ0v) is 14.2. The number of halogens is 2. The quantitative estimate of drug-likeness (QED) is 0.818. The largest absolute Gasteiger partial charge is 0.497 e. The molecule has 0 heterocycles. The molecular weight excluding hydrogens is 354 g/mol. The summed E-state index contributed by atoms with van der Waals surface area (Å²) >= 11 is 9.40. The third-order valence-corrected chi connectivity index (χ3v) is 4.60. The molecule has 0 amide bonds. The number of nitrogens with one attached hydrogen (secondary N) is 1. The summed E-state index contributed by atoms with van der Waals surface area (Å²) in [6, 6.07) is 13.2. The number of benzene rings is 2. The molecule has 0 aliphatic rings. The van der Waals surface area contributed by atoms with Gasteiger partial charge in [-0.15, -0.1) is 0 Å². The number of ether oxygens (including phenoxy) is 1. The smallest absolute Gasteiger partial charge is 0.118 e. The van der Waals surface area contributed by atoms with E-state index in [9.17, 15) is 5.11 Å². The highest BCUT2D eigenvalue weighted by molar-refractivity contribution is 9.10. The van der Waals surface area contributed by atoms with Gasteiger partial charge < -0.3 is 15.2 Å². The van der Waals surface area contributed by atoms with Crippen LogP contribution in [-0.2, 0) is 5.54 Å². The predicted molar refractivity (Wildman–Crippen MR) is 90.2 cm³/mol. The van der Waals surface area contributed by atoms with Gasteiger partial charge in [0.2, 0.25) is 0 Å². The molecular formula is C16H17BrClNO2. The number of aliphatic hydroxyl groups excluding tert-OH is 1. The zero-order chi connectivity index (χ0) is 15.5. The Bertz CT molecular complexity index is 618. The number of hydrogen-bond donors (Lipinski definition) is 2. The highest BCUT2D eigenvalue weighted by atomic mass is 79.9. The van der Waals surface area contributed by atoms with Crippen molar-refractivity contribution in [3.05, 3.63) is 57.5 Å². The first-order chi connectivity index (χ1) is 9.98. The lowest BCUT2D eigenvalue weighted by molar-refractivity contribution is 0.224. The van der Waals surface area contributed by atoms with Crippen LogP contribution in [-0.4, -0.2) is 18.8 Å². The molecule has 0 saturated carbocycles. The molecule has 0 radical (unpaired) electrons. The van der Waals surface area contributed by atoms with Crippen LogP contribution in [0, 0.1) is 0 Å². The van der Waals surface area contributed by atoms with Crippen molar-refractivity contribution >= 4 is 33.2 Å². The van der Waals surface area contributed by atoms with Crippen LogP contribution in [0.1, 0.15) is 12.5 Å². The normalized spacial score (nSPS) is 13.6. The summed E-state index contributed by atoms with van der Waals surface area (Å²) in [4.78, 5) is 0. The second-order valence-electron chi connectivity index (χ2n) is 4.97. The molecule has 1 unspecified atom stereocenters. The lowest BCUT2D eigenvalue weighted by atomic mass is 9.92. The Hall–Kier alpha value is -1.23. The molecule has 2 rings (SSSR count). The fourth-order valence-corrected chi connectivity index (χ4v) is 2.55. The van der Waals surface area contributed by atoms with Crippen LogP contribution in [0.3, 0.4) is 0 Å². The summed E-state index contributed by atoms with van der Waals surface area (Å²) in [6.45, 7) is 1.90. The molecule has 112 valence electrons. The topological polar surface area (TPSA) is 41.5 Å². The second-order valence-corrected chi connectivity index (χ2v) is 6.23. The van der Waals surface area contributed by atoms with Gasteiger partial charge in [0.15, 0.2) is 0 Å². The summed E-state index contributed by atoms with van der Waals surface area (Å²) in [6.07, 6.45) is 0. The van der Waals surface area contributed by atoms with Gasteiger partial charge in [-0.1, -0.05) is 23.7 Å². The van der Waals surface area contributed by atoms with Crippen LogP contribution >= 0.6 is 27.5 Å². The number of anilines is 1. The third-order valence-electron chi connectivity index (χ3n) is 3.38. The molecule has 21 heavy (non-hydrogen) atoms. The zero-order valence-electron chi connectivity index (χ0n) is 11.9. The Kier molecular flexibility index (Phi) is 5.14. The van der Waals surface area contributed by atoms with Crippen molar-refractivity contribution in [2.24, 2.45) is 0 Å². The molecule has 0 bridgehead atoms. The molecule has 5 heteroatoms. The molecule has 0 aliphatic carbocycles. The minimum absolute atomic E-state index is 0.0421. The van der Waals surface area contributed by atoms with Crippen molar-refractivity contribution in [1.29, 1.82) is 0 Å². The van der Waals surface area contributed by atoms with Crippen LogP contribution in [0.4, 0.5) is 5.69 Å². The molecule has 0 aromatic heterocycles. The van der Waals surface area contributed by atoms with E-state index in [0.717, 1.165) is 21.5 Å². The number of methoxy groups -OCH3 is 1. The Morgan fingerprint density at radius 3 is 2.43 bits per heavy atom. The number of hydrogen-bond acceptors (Lipinski definition) is 3. The summed E-state index contributed by atoms with van der Waals surface area (Å²) in [5, 5.41) is 13.8. The van der Waals surface area contributed by atoms with Gasteiger partial charge in [0, 0.05) is 10.2 Å². The molecule has 0 saturated heterocycles. The van der Waals surface area contributed by atoms with E-state index in [0.29, 0.717) is 5.02 Å². The molecule has 0 aliphatic heterocycles. The maximum Gasteiger partial charge on any atom is 0.118 e. The predicted octanol–water partition coefficient (Wildman–Crippen LogP) is 4.43. The van der Waals surface area contributed by atoms with Crippen molar-refractivity contribution in [3.8, 4) is 5.75 Å². The maximum atomic E-state index is 9.82. The van der Waals surface area contributed by atoms with Gasteiger partial charge in [0.25, 0.3) is 0 Å². The van der Waals surface area contributed by atoms with E-state index >= 15 is 0 Å². The fraction of sp³-hybridized carbons (Fsp3) is 0.250. The second kappa shape index (κ2) is 6.69. The van der Waals surface area contributed by atoms with E-state index in [2.05, 4.69) is 21.2 Å². The van der Waals surface area contributed by atoms with E-state index in [1.165, 1.54) is 0 Å². The van der Waals surface area contributed by atoms with Gasteiger partial charge >= 0.3 is 0 Å². The standard InChI is InChI=1S/C16H17BrClNO2/c1-16(10-20,11-3-6-13(21-2)7-4-11)19-12-5-8-15(18)14(17)9-12/h3-9,19-20H,10H2,1-2H3. The Balaban J connectivity index is 2.29. The minimum atomic E-state index is -0.598. The monoisotopic (exact) mass is 369 g/mol. The van der Waals surface area contributed by atoms with Gasteiger partial charge in [0.1, 0.15) is 5.75 Å². The summed E-state index contributed by atoms with van der Waals surface area (Å²) in [7, 11) is 1.63. The molecule has 0 spiro atoms. The SMILES string of the molecule is COc1ccc(C(C)(CO)Nc2ccc(Cl)c(Br)c2)cc1. The van der Waals surface area contributed by atoms with E-state index in [1.54, 1.807) is 13.2 Å². The van der Waals surface area contributed by atoms with E-state index < -0.39 is 5.54 Å². The van der Waals surface area contributed by atoms with E-state index in [1.807, 2.05) is 43.3 Å². The first-order valence-corrected chi connectivity index (χ1v) is 7.64. The van der Waals surface area contributed by atoms with Gasteiger partial charge in [-0.2, -0.15) is 0 Å². The lowest BCUT2D eigenvalue weighted by Crippen LogP contribution is -2.35. The van der Waals surface area contributed by atoms with Gasteiger partial charge in [-0.25, -0.2) is 0 Å².